The third-order valence-electron chi connectivity index (χ3n) is 2.14. The molecule has 1 aromatic carbocycles. The Hall–Kier alpha value is -1.78. The average Bonchev–Trinajstić information content (AvgIpc) is 2.20. The Morgan fingerprint density at radius 1 is 1.35 bits per heavy atom. The Balaban J connectivity index is 3.03. The molecule has 0 atom stereocenters. The highest BCUT2D eigenvalue weighted by atomic mass is 19.4. The number of allylic oxidation sites excluding steroid dienone is 1. The van der Waals surface area contributed by atoms with E-state index in [1.807, 2.05) is 0 Å². The van der Waals surface area contributed by atoms with Crippen LogP contribution in [0.25, 0.3) is 0 Å². The van der Waals surface area contributed by atoms with E-state index in [9.17, 15) is 18.0 Å². The second-order valence-corrected chi connectivity index (χ2v) is 3.52. The minimum absolute atomic E-state index is 0.169. The van der Waals surface area contributed by atoms with E-state index in [-0.39, 0.29) is 5.69 Å². The summed E-state index contributed by atoms with van der Waals surface area (Å²) in [5.41, 5.74) is -0.0299. The van der Waals surface area contributed by atoms with Crippen LogP contribution >= 0.6 is 0 Å². The quantitative estimate of drug-likeness (QED) is 0.791. The molecule has 0 heterocycles. The number of amides is 1. The summed E-state index contributed by atoms with van der Waals surface area (Å²) in [5.74, 6) is -0.449. The average molecular weight is 243 g/mol. The molecule has 0 bridgehead atoms. The molecule has 1 aromatic rings. The molecule has 1 rings (SSSR count). The second kappa shape index (κ2) is 5.03. The zero-order valence-electron chi connectivity index (χ0n) is 9.43. The molecule has 5 heteroatoms. The maximum Gasteiger partial charge on any atom is 0.416 e. The van der Waals surface area contributed by atoms with Gasteiger partial charge in [0.2, 0.25) is 5.91 Å². The molecule has 0 unspecified atom stereocenters. The molecule has 0 spiro atoms. The molecule has 2 nitrogen and oxygen atoms in total. The first-order valence-electron chi connectivity index (χ1n) is 4.96. The van der Waals surface area contributed by atoms with Crippen molar-refractivity contribution in [3.05, 3.63) is 41.5 Å². The predicted octanol–water partition coefficient (Wildman–Crippen LogP) is 3.53. The van der Waals surface area contributed by atoms with Crippen molar-refractivity contribution in [2.24, 2.45) is 0 Å². The number of hydrogen-bond donors (Lipinski definition) is 1. The highest BCUT2D eigenvalue weighted by Crippen LogP contribution is 2.31. The summed E-state index contributed by atoms with van der Waals surface area (Å²) in [5, 5.41) is 2.40. The topological polar surface area (TPSA) is 29.1 Å². The number of benzene rings is 1. The highest BCUT2D eigenvalue weighted by molar-refractivity contribution is 5.99. The van der Waals surface area contributed by atoms with Crippen LogP contribution in [0.5, 0.6) is 0 Å². The fourth-order valence-electron chi connectivity index (χ4n) is 1.26. The largest absolute Gasteiger partial charge is 0.416 e. The molecule has 1 N–H and O–H groups in total. The summed E-state index contributed by atoms with van der Waals surface area (Å²) in [7, 11) is 0. The van der Waals surface area contributed by atoms with Gasteiger partial charge >= 0.3 is 6.18 Å². The van der Waals surface area contributed by atoms with E-state index >= 15 is 0 Å². The van der Waals surface area contributed by atoms with Gasteiger partial charge in [0, 0.05) is 5.69 Å². The molecule has 0 saturated carbocycles. The van der Waals surface area contributed by atoms with Gasteiger partial charge < -0.3 is 5.32 Å². The minimum Gasteiger partial charge on any atom is -0.322 e. The lowest BCUT2D eigenvalue weighted by molar-refractivity contribution is -0.137. The number of carbonyl (C=O) groups excluding carboxylic acids is 1. The van der Waals surface area contributed by atoms with Crippen molar-refractivity contribution < 1.29 is 18.0 Å². The van der Waals surface area contributed by atoms with Crippen molar-refractivity contribution >= 4 is 11.6 Å². The zero-order valence-corrected chi connectivity index (χ0v) is 9.43. The van der Waals surface area contributed by atoms with Crippen LogP contribution in [0.4, 0.5) is 18.9 Å². The first kappa shape index (κ1) is 13.3. The fourth-order valence-corrected chi connectivity index (χ4v) is 1.26. The van der Waals surface area contributed by atoms with Gasteiger partial charge in [0.25, 0.3) is 0 Å². The summed E-state index contributed by atoms with van der Waals surface area (Å²) in [4.78, 5) is 11.2. The molecular weight excluding hydrogens is 231 g/mol. The van der Waals surface area contributed by atoms with Crippen LogP contribution in [-0.4, -0.2) is 5.91 Å². The number of nitrogens with one attached hydrogen (secondary N) is 1. The molecule has 0 aliphatic heterocycles. The lowest BCUT2D eigenvalue weighted by Crippen LogP contribution is -2.11. The first-order valence-corrected chi connectivity index (χ1v) is 4.96. The molecule has 0 saturated heterocycles. The number of halogens is 3. The van der Waals surface area contributed by atoms with Crippen molar-refractivity contribution in [1.82, 2.24) is 0 Å². The van der Waals surface area contributed by atoms with Gasteiger partial charge in [-0.3, -0.25) is 4.79 Å². The van der Waals surface area contributed by atoms with Crippen LogP contribution < -0.4 is 5.32 Å². The summed E-state index contributed by atoms with van der Waals surface area (Å²) in [6, 6.07) is 3.24. The van der Waals surface area contributed by atoms with Gasteiger partial charge in [0.1, 0.15) is 0 Å². The molecule has 0 radical (unpaired) electrons. The SMILES string of the molecule is CC=CC(=O)Nc1cc(C(F)(F)F)ccc1C. The minimum atomic E-state index is -4.41. The van der Waals surface area contributed by atoms with Gasteiger partial charge in [0.15, 0.2) is 0 Å². The zero-order chi connectivity index (χ0) is 13.1. The first-order chi connectivity index (χ1) is 7.84. The smallest absolute Gasteiger partial charge is 0.322 e. The maximum atomic E-state index is 12.5. The van der Waals surface area contributed by atoms with Crippen LogP contribution in [0.15, 0.2) is 30.4 Å². The van der Waals surface area contributed by atoms with Crippen molar-refractivity contribution in [2.75, 3.05) is 5.32 Å². The van der Waals surface area contributed by atoms with Gasteiger partial charge in [-0.2, -0.15) is 13.2 Å². The molecule has 0 fully saturated rings. The lowest BCUT2D eigenvalue weighted by Gasteiger charge is -2.11. The van der Waals surface area contributed by atoms with Crippen LogP contribution in [-0.2, 0) is 11.0 Å². The molecule has 0 aliphatic rings. The Labute approximate surface area is 97.1 Å². The summed E-state index contributed by atoms with van der Waals surface area (Å²) in [6.07, 6.45) is -1.65. The van der Waals surface area contributed by atoms with Gasteiger partial charge in [-0.05, 0) is 37.6 Å². The number of anilines is 1. The van der Waals surface area contributed by atoms with Crippen LogP contribution in [0.1, 0.15) is 18.1 Å². The maximum absolute atomic E-state index is 12.5. The standard InChI is InChI=1S/C12H12F3NO/c1-3-4-11(17)16-10-7-9(12(13,14)15)6-5-8(10)2/h3-7H,1-2H3,(H,16,17). The predicted molar refractivity (Wildman–Crippen MR) is 59.6 cm³/mol. The van der Waals surface area contributed by atoms with Crippen molar-refractivity contribution in [3.63, 3.8) is 0 Å². The summed E-state index contributed by atoms with van der Waals surface area (Å²) < 4.78 is 37.4. The van der Waals surface area contributed by atoms with Crippen molar-refractivity contribution in [1.29, 1.82) is 0 Å². The van der Waals surface area contributed by atoms with Gasteiger partial charge in [-0.1, -0.05) is 12.1 Å². The molecular formula is C12H12F3NO. The van der Waals surface area contributed by atoms with E-state index in [4.69, 9.17) is 0 Å². The second-order valence-electron chi connectivity index (χ2n) is 3.52. The molecule has 92 valence electrons. The number of aryl methyl sites for hydroxylation is 1. The normalized spacial score (nSPS) is 11.8. The Bertz CT molecular complexity index is 450. The van der Waals surface area contributed by atoms with Gasteiger partial charge in [-0.25, -0.2) is 0 Å². The van der Waals surface area contributed by atoms with E-state index in [2.05, 4.69) is 5.32 Å². The Morgan fingerprint density at radius 3 is 2.53 bits per heavy atom. The van der Waals surface area contributed by atoms with E-state index in [0.717, 1.165) is 12.1 Å². The van der Waals surface area contributed by atoms with Gasteiger partial charge in [-0.15, -0.1) is 0 Å². The van der Waals surface area contributed by atoms with E-state index in [1.54, 1.807) is 13.8 Å². The van der Waals surface area contributed by atoms with Crippen LogP contribution in [0, 0.1) is 6.92 Å². The highest BCUT2D eigenvalue weighted by Gasteiger charge is 2.30. The third-order valence-corrected chi connectivity index (χ3v) is 2.14. The van der Waals surface area contributed by atoms with E-state index < -0.39 is 17.6 Å². The number of carbonyl (C=O) groups is 1. The fraction of sp³-hybridized carbons (Fsp3) is 0.250. The summed E-state index contributed by atoms with van der Waals surface area (Å²) in [6.45, 7) is 3.28. The monoisotopic (exact) mass is 243 g/mol. The third kappa shape index (κ3) is 3.62. The number of rotatable bonds is 2. The lowest BCUT2D eigenvalue weighted by atomic mass is 10.1. The molecule has 0 aliphatic carbocycles. The van der Waals surface area contributed by atoms with Crippen LogP contribution in [0.3, 0.4) is 0 Å². The molecule has 0 aromatic heterocycles. The van der Waals surface area contributed by atoms with Crippen molar-refractivity contribution in [2.45, 2.75) is 20.0 Å². The summed E-state index contributed by atoms with van der Waals surface area (Å²) >= 11 is 0. The number of hydrogen-bond acceptors (Lipinski definition) is 1. The number of alkyl halides is 3. The van der Waals surface area contributed by atoms with Gasteiger partial charge in [0.05, 0.1) is 5.56 Å². The Morgan fingerprint density at radius 2 is 2.00 bits per heavy atom. The van der Waals surface area contributed by atoms with E-state index in [1.165, 1.54) is 18.2 Å². The molecule has 17 heavy (non-hydrogen) atoms. The van der Waals surface area contributed by atoms with Crippen LogP contribution in [0.2, 0.25) is 0 Å². The van der Waals surface area contributed by atoms with E-state index in [0.29, 0.717) is 5.56 Å². The molecule has 1 amide bonds. The Kier molecular flexibility index (Phi) is 3.93. The van der Waals surface area contributed by atoms with Crippen molar-refractivity contribution in [3.8, 4) is 0 Å².